The van der Waals surface area contributed by atoms with Crippen LogP contribution >= 0.6 is 0 Å². The maximum Gasteiger partial charge on any atom is 0.308 e. The summed E-state index contributed by atoms with van der Waals surface area (Å²) in [4.78, 5) is 26.5. The molecule has 1 aromatic heterocycles. The Kier molecular flexibility index (Phi) is 4.92. The van der Waals surface area contributed by atoms with Crippen LogP contribution in [0.1, 0.15) is 33.2 Å². The average molecular weight is 389 g/mol. The van der Waals surface area contributed by atoms with E-state index in [0.717, 1.165) is 22.5 Å². The van der Waals surface area contributed by atoms with Crippen molar-refractivity contribution in [2.75, 3.05) is 13.1 Å². The molecule has 1 saturated heterocycles. The van der Waals surface area contributed by atoms with E-state index in [1.807, 2.05) is 68.4 Å². The Hall–Kier alpha value is -3.41. The van der Waals surface area contributed by atoms with Gasteiger partial charge in [0.05, 0.1) is 11.6 Å². The van der Waals surface area contributed by atoms with E-state index in [0.29, 0.717) is 12.2 Å². The highest BCUT2D eigenvalue weighted by Gasteiger charge is 2.41. The summed E-state index contributed by atoms with van der Waals surface area (Å²) in [6.45, 7) is 4.48. The van der Waals surface area contributed by atoms with Gasteiger partial charge >= 0.3 is 5.97 Å². The van der Waals surface area contributed by atoms with Crippen LogP contribution < -0.4 is 0 Å². The maximum absolute atomic E-state index is 13.1. The van der Waals surface area contributed by atoms with Crippen molar-refractivity contribution >= 4 is 11.9 Å². The number of benzene rings is 2. The summed E-state index contributed by atoms with van der Waals surface area (Å²) in [5.74, 6) is -1.96. The highest BCUT2D eigenvalue weighted by molar-refractivity contribution is 5.93. The Morgan fingerprint density at radius 1 is 1.00 bits per heavy atom. The molecule has 2 unspecified atom stereocenters. The number of carboxylic acids is 1. The number of aromatic nitrogens is 2. The van der Waals surface area contributed by atoms with E-state index in [1.54, 1.807) is 15.6 Å². The number of nitrogens with zero attached hydrogens (tertiary/aromatic N) is 3. The summed E-state index contributed by atoms with van der Waals surface area (Å²) < 4.78 is 1.74. The molecule has 0 bridgehead atoms. The van der Waals surface area contributed by atoms with Crippen molar-refractivity contribution in [2.45, 2.75) is 19.8 Å². The van der Waals surface area contributed by atoms with E-state index in [2.05, 4.69) is 5.10 Å². The highest BCUT2D eigenvalue weighted by atomic mass is 16.4. The van der Waals surface area contributed by atoms with E-state index in [-0.39, 0.29) is 18.4 Å². The van der Waals surface area contributed by atoms with Crippen molar-refractivity contribution in [3.05, 3.63) is 83.2 Å². The molecule has 0 saturated carbocycles. The second-order valence-corrected chi connectivity index (χ2v) is 7.59. The first kappa shape index (κ1) is 18.9. The highest BCUT2D eigenvalue weighted by Crippen LogP contribution is 2.33. The molecule has 29 heavy (non-hydrogen) atoms. The fourth-order valence-corrected chi connectivity index (χ4v) is 3.95. The van der Waals surface area contributed by atoms with Gasteiger partial charge in [-0.15, -0.1) is 0 Å². The van der Waals surface area contributed by atoms with Gasteiger partial charge < -0.3 is 10.0 Å². The van der Waals surface area contributed by atoms with E-state index in [4.69, 9.17) is 0 Å². The number of likely N-dealkylation sites (tertiary alicyclic amines) is 1. The van der Waals surface area contributed by atoms with Gasteiger partial charge in [0.15, 0.2) is 5.69 Å². The number of carboxylic acid groups (broad SMARTS) is 1. The van der Waals surface area contributed by atoms with Gasteiger partial charge in [-0.05, 0) is 37.6 Å². The van der Waals surface area contributed by atoms with Gasteiger partial charge in [0.2, 0.25) is 0 Å². The average Bonchev–Trinajstić information content (AvgIpc) is 3.33. The zero-order valence-electron chi connectivity index (χ0n) is 16.4. The van der Waals surface area contributed by atoms with Crippen LogP contribution in [0.15, 0.2) is 60.7 Å². The molecule has 0 spiro atoms. The van der Waals surface area contributed by atoms with Crippen LogP contribution in [-0.4, -0.2) is 44.8 Å². The molecule has 0 aliphatic carbocycles. The van der Waals surface area contributed by atoms with Crippen molar-refractivity contribution in [1.82, 2.24) is 14.7 Å². The normalized spacial score (nSPS) is 18.8. The molecule has 2 heterocycles. The summed E-state index contributed by atoms with van der Waals surface area (Å²) in [7, 11) is 0. The van der Waals surface area contributed by atoms with Gasteiger partial charge in [0.1, 0.15) is 0 Å². The summed E-state index contributed by atoms with van der Waals surface area (Å²) in [5, 5.41) is 14.2. The molecule has 1 amide bonds. The maximum atomic E-state index is 13.1. The third-order valence-corrected chi connectivity index (χ3v) is 5.54. The number of amides is 1. The van der Waals surface area contributed by atoms with Crippen molar-refractivity contribution in [2.24, 2.45) is 5.92 Å². The fraction of sp³-hybridized carbons (Fsp3) is 0.261. The number of rotatable bonds is 4. The lowest BCUT2D eigenvalue weighted by atomic mass is 9.89. The number of aryl methyl sites for hydroxylation is 2. The minimum absolute atomic E-state index is 0.185. The fourth-order valence-electron chi connectivity index (χ4n) is 3.95. The summed E-state index contributed by atoms with van der Waals surface area (Å²) >= 11 is 0. The van der Waals surface area contributed by atoms with E-state index < -0.39 is 11.9 Å². The Labute approximate surface area is 169 Å². The third kappa shape index (κ3) is 3.66. The van der Waals surface area contributed by atoms with Crippen molar-refractivity contribution in [3.8, 4) is 5.69 Å². The molecule has 1 aliphatic heterocycles. The van der Waals surface area contributed by atoms with E-state index in [1.165, 1.54) is 0 Å². The van der Waals surface area contributed by atoms with Crippen LogP contribution in [0.4, 0.5) is 0 Å². The molecule has 3 aromatic rings. The summed E-state index contributed by atoms with van der Waals surface area (Å²) in [5.41, 5.74) is 4.17. The van der Waals surface area contributed by atoms with Crippen LogP contribution in [0.2, 0.25) is 0 Å². The second-order valence-electron chi connectivity index (χ2n) is 7.59. The lowest BCUT2D eigenvalue weighted by molar-refractivity contribution is -0.141. The molecule has 4 rings (SSSR count). The molecule has 1 fully saturated rings. The number of hydrogen-bond donors (Lipinski definition) is 1. The van der Waals surface area contributed by atoms with Gasteiger partial charge in [0.25, 0.3) is 5.91 Å². The largest absolute Gasteiger partial charge is 0.481 e. The Bertz CT molecular complexity index is 1040. The summed E-state index contributed by atoms with van der Waals surface area (Å²) in [6.07, 6.45) is 0. The van der Waals surface area contributed by atoms with Crippen LogP contribution in [0, 0.1) is 19.8 Å². The van der Waals surface area contributed by atoms with Crippen LogP contribution in [0.25, 0.3) is 5.69 Å². The number of aliphatic carboxylic acids is 1. The van der Waals surface area contributed by atoms with Crippen LogP contribution in [0.3, 0.4) is 0 Å². The number of hydrogen-bond acceptors (Lipinski definition) is 3. The topological polar surface area (TPSA) is 75.4 Å². The van der Waals surface area contributed by atoms with Crippen molar-refractivity contribution < 1.29 is 14.7 Å². The second kappa shape index (κ2) is 7.54. The van der Waals surface area contributed by atoms with Gasteiger partial charge in [-0.25, -0.2) is 4.68 Å². The van der Waals surface area contributed by atoms with Gasteiger partial charge in [0, 0.05) is 24.7 Å². The minimum Gasteiger partial charge on any atom is -0.481 e. The first-order chi connectivity index (χ1) is 13.9. The molecular formula is C23H23N3O3. The molecule has 1 N–H and O–H groups in total. The molecule has 2 aromatic carbocycles. The number of carbonyl (C=O) groups excluding carboxylic acids is 1. The molecule has 0 radical (unpaired) electrons. The first-order valence-electron chi connectivity index (χ1n) is 9.65. The molecule has 148 valence electrons. The SMILES string of the molecule is Cc1ccc(-n2nc(C(=O)N3CC(C(=O)O)C(c4ccccc4)C3)cc2C)cc1. The monoisotopic (exact) mass is 389 g/mol. The van der Waals surface area contributed by atoms with E-state index in [9.17, 15) is 14.7 Å². The number of carbonyl (C=O) groups is 2. The molecule has 2 atom stereocenters. The van der Waals surface area contributed by atoms with Gasteiger partial charge in [-0.1, -0.05) is 48.0 Å². The quantitative estimate of drug-likeness (QED) is 0.742. The zero-order valence-corrected chi connectivity index (χ0v) is 16.4. The van der Waals surface area contributed by atoms with Crippen molar-refractivity contribution in [3.63, 3.8) is 0 Å². The lowest BCUT2D eigenvalue weighted by Crippen LogP contribution is -2.30. The lowest BCUT2D eigenvalue weighted by Gasteiger charge is -2.15. The van der Waals surface area contributed by atoms with Gasteiger partial charge in [-0.3, -0.25) is 9.59 Å². The van der Waals surface area contributed by atoms with Gasteiger partial charge in [-0.2, -0.15) is 5.10 Å². The molecule has 6 heteroatoms. The van der Waals surface area contributed by atoms with Crippen LogP contribution in [-0.2, 0) is 4.79 Å². The third-order valence-electron chi connectivity index (χ3n) is 5.54. The van der Waals surface area contributed by atoms with Crippen molar-refractivity contribution in [1.29, 1.82) is 0 Å². The first-order valence-corrected chi connectivity index (χ1v) is 9.65. The predicted molar refractivity (Wildman–Crippen MR) is 109 cm³/mol. The predicted octanol–water partition coefficient (Wildman–Crippen LogP) is 3.43. The Morgan fingerprint density at radius 3 is 2.34 bits per heavy atom. The Morgan fingerprint density at radius 2 is 1.69 bits per heavy atom. The molecule has 1 aliphatic rings. The Balaban J connectivity index is 1.59. The smallest absolute Gasteiger partial charge is 0.308 e. The summed E-state index contributed by atoms with van der Waals surface area (Å²) in [6, 6.07) is 19.2. The van der Waals surface area contributed by atoms with E-state index >= 15 is 0 Å². The molecule has 6 nitrogen and oxygen atoms in total. The standard InChI is InChI=1S/C23H23N3O3/c1-15-8-10-18(11-9-15)26-16(2)12-21(24-26)22(27)25-13-19(20(14-25)23(28)29)17-6-4-3-5-7-17/h3-12,19-20H,13-14H2,1-2H3,(H,28,29). The molecular weight excluding hydrogens is 366 g/mol. The minimum atomic E-state index is -0.879. The van der Waals surface area contributed by atoms with Crippen LogP contribution in [0.5, 0.6) is 0 Å². The zero-order chi connectivity index (χ0) is 20.5.